The minimum atomic E-state index is 0.0712. The maximum absolute atomic E-state index is 6.44. The molecule has 0 aromatic heterocycles. The van der Waals surface area contributed by atoms with Crippen molar-refractivity contribution >= 4 is 27.5 Å². The summed E-state index contributed by atoms with van der Waals surface area (Å²) in [6, 6.07) is 8.38. The van der Waals surface area contributed by atoms with E-state index in [1.807, 2.05) is 7.11 Å². The van der Waals surface area contributed by atoms with Crippen LogP contribution in [0.4, 0.5) is 0 Å². The van der Waals surface area contributed by atoms with Crippen LogP contribution in [0.1, 0.15) is 31.2 Å². The molecule has 1 saturated carbocycles. The molecule has 1 fully saturated rings. The molecule has 94 valence electrons. The summed E-state index contributed by atoms with van der Waals surface area (Å²) < 4.78 is 6.72. The highest BCUT2D eigenvalue weighted by Gasteiger charge is 2.38. The largest absolute Gasteiger partial charge is 0.378 e. The van der Waals surface area contributed by atoms with Crippen molar-refractivity contribution < 1.29 is 4.74 Å². The van der Waals surface area contributed by atoms with E-state index in [1.165, 1.54) is 12.0 Å². The van der Waals surface area contributed by atoms with Crippen LogP contribution in [0.5, 0.6) is 0 Å². The first-order valence-electron chi connectivity index (χ1n) is 6.07. The number of hydrogen-bond acceptors (Lipinski definition) is 1. The van der Waals surface area contributed by atoms with Gasteiger partial charge in [0, 0.05) is 17.0 Å². The third-order valence-corrected chi connectivity index (χ3v) is 4.50. The average Bonchev–Trinajstić information content (AvgIpc) is 2.27. The van der Waals surface area contributed by atoms with Crippen molar-refractivity contribution in [1.82, 2.24) is 0 Å². The molecule has 1 unspecified atom stereocenters. The first-order chi connectivity index (χ1) is 8.13. The van der Waals surface area contributed by atoms with Crippen LogP contribution < -0.4 is 0 Å². The second kappa shape index (κ2) is 5.73. The number of ether oxygens (including phenoxy) is 1. The molecule has 0 heterocycles. The van der Waals surface area contributed by atoms with Crippen LogP contribution in [-0.4, -0.2) is 18.1 Å². The number of benzene rings is 1. The summed E-state index contributed by atoms with van der Waals surface area (Å²) >= 11 is 9.88. The summed E-state index contributed by atoms with van der Waals surface area (Å²) in [5.74, 6) is 0. The van der Waals surface area contributed by atoms with Gasteiger partial charge >= 0.3 is 0 Å². The Morgan fingerprint density at radius 2 is 2.00 bits per heavy atom. The standard InChI is InChI=1S/C14H18BrClO/c1-17-14(7-2-8-14)10-13(16)9-11-3-5-12(15)6-4-11/h3-6,13H,2,7-10H2,1H3. The molecule has 0 aliphatic heterocycles. The highest BCUT2D eigenvalue weighted by Crippen LogP contribution is 2.40. The maximum Gasteiger partial charge on any atom is 0.0693 e. The molecule has 3 heteroatoms. The monoisotopic (exact) mass is 316 g/mol. The number of rotatable bonds is 5. The van der Waals surface area contributed by atoms with Crippen LogP contribution in [0.25, 0.3) is 0 Å². The third-order valence-electron chi connectivity index (χ3n) is 3.66. The van der Waals surface area contributed by atoms with E-state index < -0.39 is 0 Å². The van der Waals surface area contributed by atoms with Crippen LogP contribution in [0.15, 0.2) is 28.7 Å². The van der Waals surface area contributed by atoms with Gasteiger partial charge in [-0.25, -0.2) is 0 Å². The number of halogens is 2. The average molecular weight is 318 g/mol. The molecule has 1 nitrogen and oxygen atoms in total. The number of methoxy groups -OCH3 is 1. The van der Waals surface area contributed by atoms with Crippen LogP contribution in [-0.2, 0) is 11.2 Å². The Morgan fingerprint density at radius 1 is 1.35 bits per heavy atom. The van der Waals surface area contributed by atoms with Crippen molar-refractivity contribution in [2.24, 2.45) is 0 Å². The van der Waals surface area contributed by atoms with E-state index >= 15 is 0 Å². The molecule has 17 heavy (non-hydrogen) atoms. The normalized spacial score (nSPS) is 19.7. The minimum absolute atomic E-state index is 0.0712. The van der Waals surface area contributed by atoms with Crippen molar-refractivity contribution in [2.75, 3.05) is 7.11 Å². The summed E-state index contributed by atoms with van der Waals surface area (Å²) in [4.78, 5) is 0. The molecule has 0 saturated heterocycles. The Balaban J connectivity index is 1.88. The van der Waals surface area contributed by atoms with Crippen LogP contribution in [0, 0.1) is 0 Å². The van der Waals surface area contributed by atoms with E-state index in [9.17, 15) is 0 Å². The summed E-state index contributed by atoms with van der Waals surface area (Å²) in [5, 5.41) is 0.163. The van der Waals surface area contributed by atoms with Crippen molar-refractivity contribution in [1.29, 1.82) is 0 Å². The van der Waals surface area contributed by atoms with Gasteiger partial charge in [-0.1, -0.05) is 28.1 Å². The fourth-order valence-corrected chi connectivity index (χ4v) is 3.14. The van der Waals surface area contributed by atoms with Crippen LogP contribution >= 0.6 is 27.5 Å². The van der Waals surface area contributed by atoms with Crippen molar-refractivity contribution in [3.63, 3.8) is 0 Å². The quantitative estimate of drug-likeness (QED) is 0.723. The molecule has 1 aliphatic rings. The zero-order valence-electron chi connectivity index (χ0n) is 10.1. The Hall–Kier alpha value is -0.0500. The van der Waals surface area contributed by atoms with Crippen molar-refractivity contribution in [3.8, 4) is 0 Å². The molecule has 0 N–H and O–H groups in total. The highest BCUT2D eigenvalue weighted by atomic mass is 79.9. The third kappa shape index (κ3) is 3.46. The maximum atomic E-state index is 6.44. The van der Waals surface area contributed by atoms with Gasteiger partial charge in [-0.15, -0.1) is 11.6 Å². The van der Waals surface area contributed by atoms with Gasteiger partial charge in [0.25, 0.3) is 0 Å². The summed E-state index contributed by atoms with van der Waals surface area (Å²) in [6.07, 6.45) is 5.47. The summed E-state index contributed by atoms with van der Waals surface area (Å²) in [7, 11) is 1.81. The Labute approximate surface area is 117 Å². The van der Waals surface area contributed by atoms with Gasteiger partial charge in [-0.05, 0) is 49.8 Å². The lowest BCUT2D eigenvalue weighted by atomic mass is 9.76. The number of hydrogen-bond donors (Lipinski definition) is 0. The fourth-order valence-electron chi connectivity index (χ4n) is 2.41. The first-order valence-corrected chi connectivity index (χ1v) is 7.30. The first kappa shape index (κ1) is 13.4. The molecule has 1 aromatic rings. The van der Waals surface area contributed by atoms with Gasteiger partial charge in [0.05, 0.1) is 5.60 Å². The van der Waals surface area contributed by atoms with Gasteiger partial charge in [-0.3, -0.25) is 0 Å². The molecule has 0 spiro atoms. The molecular formula is C14H18BrClO. The van der Waals surface area contributed by atoms with E-state index in [1.54, 1.807) is 0 Å². The van der Waals surface area contributed by atoms with E-state index in [0.29, 0.717) is 0 Å². The molecular weight excluding hydrogens is 300 g/mol. The lowest BCUT2D eigenvalue weighted by Crippen LogP contribution is -2.41. The molecule has 0 amide bonds. The minimum Gasteiger partial charge on any atom is -0.378 e. The van der Waals surface area contributed by atoms with Gasteiger partial charge in [0.1, 0.15) is 0 Å². The predicted molar refractivity (Wildman–Crippen MR) is 75.7 cm³/mol. The van der Waals surface area contributed by atoms with Gasteiger partial charge < -0.3 is 4.74 Å². The van der Waals surface area contributed by atoms with Crippen molar-refractivity contribution in [2.45, 2.75) is 43.1 Å². The van der Waals surface area contributed by atoms with E-state index in [0.717, 1.165) is 30.2 Å². The highest BCUT2D eigenvalue weighted by molar-refractivity contribution is 9.10. The molecule has 1 aromatic carbocycles. The smallest absolute Gasteiger partial charge is 0.0693 e. The SMILES string of the molecule is COC1(CC(Cl)Cc2ccc(Br)cc2)CCC1. The van der Waals surface area contributed by atoms with E-state index in [4.69, 9.17) is 16.3 Å². The molecule has 2 rings (SSSR count). The Kier molecular flexibility index (Phi) is 4.51. The van der Waals surface area contributed by atoms with Crippen molar-refractivity contribution in [3.05, 3.63) is 34.3 Å². The Bertz CT molecular complexity index is 353. The van der Waals surface area contributed by atoms with Gasteiger partial charge in [0.2, 0.25) is 0 Å². The lowest BCUT2D eigenvalue weighted by molar-refractivity contribution is -0.0777. The predicted octanol–water partition coefficient (Wildman–Crippen LogP) is 4.56. The second-order valence-corrected chi connectivity index (χ2v) is 6.41. The van der Waals surface area contributed by atoms with Crippen LogP contribution in [0.2, 0.25) is 0 Å². The summed E-state index contributed by atoms with van der Waals surface area (Å²) in [5.41, 5.74) is 1.36. The van der Waals surface area contributed by atoms with E-state index in [-0.39, 0.29) is 11.0 Å². The molecule has 0 radical (unpaired) electrons. The van der Waals surface area contributed by atoms with Crippen LogP contribution in [0.3, 0.4) is 0 Å². The number of alkyl halides is 1. The summed E-state index contributed by atoms with van der Waals surface area (Å²) in [6.45, 7) is 0. The van der Waals surface area contributed by atoms with Gasteiger partial charge in [0.15, 0.2) is 0 Å². The second-order valence-electron chi connectivity index (χ2n) is 4.87. The zero-order valence-corrected chi connectivity index (χ0v) is 12.4. The molecule has 1 atom stereocenters. The topological polar surface area (TPSA) is 9.23 Å². The lowest BCUT2D eigenvalue weighted by Gasteiger charge is -2.41. The zero-order chi connectivity index (χ0) is 12.3. The Morgan fingerprint density at radius 3 is 2.47 bits per heavy atom. The van der Waals surface area contributed by atoms with E-state index in [2.05, 4.69) is 40.2 Å². The molecule has 0 bridgehead atoms. The van der Waals surface area contributed by atoms with Gasteiger partial charge in [-0.2, -0.15) is 0 Å². The molecule has 1 aliphatic carbocycles. The fraction of sp³-hybridized carbons (Fsp3) is 0.571.